The van der Waals surface area contributed by atoms with Gasteiger partial charge in [0.05, 0.1) is 0 Å². The van der Waals surface area contributed by atoms with Crippen LogP contribution in [0.1, 0.15) is 71.6 Å². The summed E-state index contributed by atoms with van der Waals surface area (Å²) in [5, 5.41) is 0. The third kappa shape index (κ3) is 9.57. The van der Waals surface area contributed by atoms with Crippen molar-refractivity contribution in [1.82, 2.24) is 0 Å². The van der Waals surface area contributed by atoms with Gasteiger partial charge in [-0.3, -0.25) is 0 Å². The van der Waals surface area contributed by atoms with Gasteiger partial charge in [0.15, 0.2) is 0 Å². The van der Waals surface area contributed by atoms with Crippen molar-refractivity contribution >= 4 is 28.5 Å². The fourth-order valence-corrected chi connectivity index (χ4v) is 5.13. The van der Waals surface area contributed by atoms with Crippen LogP contribution in [0.2, 0.25) is 3.93 Å². The third-order valence-electron chi connectivity index (χ3n) is 2.73. The zero-order chi connectivity index (χ0) is 10.6. The molecule has 0 aliphatic rings. The molecule has 2 heteroatoms. The molecule has 0 aliphatic carbocycles. The second-order valence-electron chi connectivity index (χ2n) is 4.16. The monoisotopic (exact) mass is 321 g/mol. The molecule has 0 spiro atoms. The van der Waals surface area contributed by atoms with E-state index in [0.717, 1.165) is 3.93 Å². The summed E-state index contributed by atoms with van der Waals surface area (Å²) in [7, 11) is 5.36. The first-order valence-electron chi connectivity index (χ1n) is 6.22. The molecule has 1 atom stereocenters. The maximum atomic E-state index is 5.36. The van der Waals surface area contributed by atoms with E-state index in [-0.39, 0.29) is 0 Å². The Morgan fingerprint density at radius 1 is 0.857 bits per heavy atom. The van der Waals surface area contributed by atoms with Gasteiger partial charge in [-0.25, -0.2) is 0 Å². The minimum atomic E-state index is -0.401. The van der Waals surface area contributed by atoms with Crippen LogP contribution in [-0.2, 0) is 0 Å². The van der Waals surface area contributed by atoms with Crippen LogP contribution in [0.15, 0.2) is 0 Å². The molecule has 1 unspecified atom stereocenters. The van der Waals surface area contributed by atoms with Gasteiger partial charge >= 0.3 is 104 Å². The number of rotatable bonds is 10. The molecule has 83 valence electrons. The van der Waals surface area contributed by atoms with Crippen molar-refractivity contribution in [2.24, 2.45) is 0 Å². The molecule has 0 aromatic carbocycles. The Morgan fingerprint density at radius 2 is 1.43 bits per heavy atom. The van der Waals surface area contributed by atoms with Gasteiger partial charge < -0.3 is 0 Å². The molecule has 0 aromatic heterocycles. The molecule has 0 N–H and O–H groups in total. The third-order valence-corrected chi connectivity index (χ3v) is 7.56. The van der Waals surface area contributed by atoms with E-state index in [0.29, 0.717) is 0 Å². The summed E-state index contributed by atoms with van der Waals surface area (Å²) in [5.74, 6) is 0. The molecular formula is C12H25SSn. The second kappa shape index (κ2) is 12.1. The fraction of sp³-hybridized carbons (Fsp3) is 1.00. The molecule has 0 aromatic rings. The van der Waals surface area contributed by atoms with Gasteiger partial charge in [-0.2, -0.15) is 0 Å². The van der Waals surface area contributed by atoms with E-state index in [4.69, 9.17) is 9.29 Å². The van der Waals surface area contributed by atoms with Crippen LogP contribution in [0.25, 0.3) is 0 Å². The topological polar surface area (TPSA) is 0 Å². The van der Waals surface area contributed by atoms with Crippen LogP contribution >= 0.6 is 9.29 Å². The van der Waals surface area contributed by atoms with Crippen LogP contribution in [0.5, 0.6) is 0 Å². The summed E-state index contributed by atoms with van der Waals surface area (Å²) in [6, 6.07) is 0. The van der Waals surface area contributed by atoms with Crippen molar-refractivity contribution in [3.8, 4) is 0 Å². The Hall–Kier alpha value is 1.02. The minimum absolute atomic E-state index is 0.401. The molecule has 0 aliphatic heterocycles. The van der Waals surface area contributed by atoms with Crippen LogP contribution in [0, 0.1) is 0 Å². The molecule has 0 saturated heterocycles. The van der Waals surface area contributed by atoms with Crippen LogP contribution < -0.4 is 0 Å². The van der Waals surface area contributed by atoms with E-state index >= 15 is 0 Å². The van der Waals surface area contributed by atoms with Gasteiger partial charge in [0, 0.05) is 0 Å². The van der Waals surface area contributed by atoms with Gasteiger partial charge in [-0.15, -0.1) is 0 Å². The van der Waals surface area contributed by atoms with E-state index < -0.39 is 19.2 Å². The molecule has 1 radical (unpaired) electrons. The summed E-state index contributed by atoms with van der Waals surface area (Å²) in [5.41, 5.74) is 0. The molecular weight excluding hydrogens is 295 g/mol. The van der Waals surface area contributed by atoms with E-state index in [1.54, 1.807) is 0 Å². The van der Waals surface area contributed by atoms with Crippen molar-refractivity contribution in [3.05, 3.63) is 0 Å². The summed E-state index contributed by atoms with van der Waals surface area (Å²) < 4.78 is 1.01. The van der Waals surface area contributed by atoms with Crippen LogP contribution in [-0.4, -0.2) is 19.2 Å². The summed E-state index contributed by atoms with van der Waals surface area (Å²) in [4.78, 5) is 0. The molecule has 0 bridgehead atoms. The Morgan fingerprint density at radius 3 is 2.00 bits per heavy atom. The molecule has 0 heterocycles. The SMILES string of the molecule is CCCCCCC[CH](CCCC)[Sn]=[S]. The van der Waals surface area contributed by atoms with Crippen LogP contribution in [0.4, 0.5) is 0 Å². The van der Waals surface area contributed by atoms with Gasteiger partial charge in [0.1, 0.15) is 0 Å². The van der Waals surface area contributed by atoms with Gasteiger partial charge in [-0.1, -0.05) is 0 Å². The average Bonchev–Trinajstić information content (AvgIpc) is 2.22. The average molecular weight is 320 g/mol. The van der Waals surface area contributed by atoms with Crippen molar-refractivity contribution in [1.29, 1.82) is 0 Å². The normalized spacial score (nSPS) is 12.7. The quantitative estimate of drug-likeness (QED) is 0.397. The Kier molecular flexibility index (Phi) is 13.0. The van der Waals surface area contributed by atoms with E-state index in [1.807, 2.05) is 0 Å². The summed E-state index contributed by atoms with van der Waals surface area (Å²) >= 11 is -0.401. The van der Waals surface area contributed by atoms with E-state index in [2.05, 4.69) is 13.8 Å². The Balaban J connectivity index is 3.28. The molecule has 0 fully saturated rings. The first kappa shape index (κ1) is 15.0. The number of hydrogen-bond acceptors (Lipinski definition) is 1. The standard InChI is InChI=1S/C12H25.S.Sn/c1-3-5-7-9-11-12-10-8-6-4-2;;/h9H,3-8,10-12H2,1-2H3;;. The Labute approximate surface area is 104 Å². The summed E-state index contributed by atoms with van der Waals surface area (Å²) in [6.45, 7) is 4.56. The van der Waals surface area contributed by atoms with Crippen molar-refractivity contribution in [3.63, 3.8) is 0 Å². The van der Waals surface area contributed by atoms with Gasteiger partial charge in [-0.05, 0) is 0 Å². The van der Waals surface area contributed by atoms with Gasteiger partial charge in [0.25, 0.3) is 0 Å². The number of unbranched alkanes of at least 4 members (excludes halogenated alkanes) is 5. The van der Waals surface area contributed by atoms with Crippen molar-refractivity contribution < 1.29 is 0 Å². The van der Waals surface area contributed by atoms with E-state index in [1.165, 1.54) is 57.8 Å². The Bertz CT molecular complexity index is 125. The maximum absolute atomic E-state index is 5.36. The second-order valence-corrected chi connectivity index (χ2v) is 8.74. The fourth-order valence-electron chi connectivity index (χ4n) is 1.71. The predicted molar refractivity (Wildman–Crippen MR) is 70.0 cm³/mol. The molecule has 0 nitrogen and oxygen atoms in total. The predicted octanol–water partition coefficient (Wildman–Crippen LogP) is 5.14. The van der Waals surface area contributed by atoms with Crippen molar-refractivity contribution in [2.45, 2.75) is 75.6 Å². The van der Waals surface area contributed by atoms with Gasteiger partial charge in [0.2, 0.25) is 0 Å². The van der Waals surface area contributed by atoms with Crippen LogP contribution in [0.3, 0.4) is 0 Å². The van der Waals surface area contributed by atoms with Crippen molar-refractivity contribution in [2.75, 3.05) is 0 Å². The molecule has 0 saturated carbocycles. The number of hydrogen-bond donors (Lipinski definition) is 0. The first-order chi connectivity index (χ1) is 6.85. The molecule has 14 heavy (non-hydrogen) atoms. The first-order valence-corrected chi connectivity index (χ1v) is 11.8. The molecule has 0 rings (SSSR count). The zero-order valence-electron chi connectivity index (χ0n) is 9.85. The zero-order valence-corrected chi connectivity index (χ0v) is 13.5. The van der Waals surface area contributed by atoms with E-state index in [9.17, 15) is 0 Å². The summed E-state index contributed by atoms with van der Waals surface area (Å²) in [6.07, 6.45) is 12.8. The molecule has 0 amide bonds.